The first-order valence-electron chi connectivity index (χ1n) is 8.56. The second-order valence-electron chi connectivity index (χ2n) is 6.54. The zero-order chi connectivity index (χ0) is 17.4. The zero-order valence-corrected chi connectivity index (χ0v) is 14.2. The molecule has 0 radical (unpaired) electrons. The lowest BCUT2D eigenvalue weighted by Crippen LogP contribution is -2.36. The summed E-state index contributed by atoms with van der Waals surface area (Å²) in [5.41, 5.74) is 8.13. The highest BCUT2D eigenvalue weighted by atomic mass is 16.5. The number of nitrogens with two attached hydrogens (primary N) is 1. The van der Waals surface area contributed by atoms with Crippen LogP contribution < -0.4 is 5.73 Å². The first kappa shape index (κ1) is 15.8. The number of likely N-dealkylation sites (tertiary alicyclic amines) is 1. The number of rotatable bonds is 3. The zero-order valence-electron chi connectivity index (χ0n) is 14.2. The molecular weight excluding hydrogens is 314 g/mol. The number of methoxy groups -OCH3 is 1. The number of esters is 1. The predicted octanol–water partition coefficient (Wildman–Crippen LogP) is 3.11. The second-order valence-corrected chi connectivity index (χ2v) is 6.54. The van der Waals surface area contributed by atoms with Crippen LogP contribution in [0.15, 0.2) is 42.5 Å². The average molecular weight is 335 g/mol. The molecule has 3 aromatic rings. The van der Waals surface area contributed by atoms with Gasteiger partial charge in [-0.25, -0.2) is 4.98 Å². The molecule has 25 heavy (non-hydrogen) atoms. The van der Waals surface area contributed by atoms with Crippen LogP contribution in [0, 0.1) is 0 Å². The highest BCUT2D eigenvalue weighted by molar-refractivity contribution is 6.05. The Morgan fingerprint density at radius 1 is 1.28 bits per heavy atom. The van der Waals surface area contributed by atoms with Gasteiger partial charge in [-0.15, -0.1) is 0 Å². The third kappa shape index (κ3) is 2.81. The van der Waals surface area contributed by atoms with Gasteiger partial charge in [-0.3, -0.25) is 9.69 Å². The number of carbonyl (C=O) groups is 1. The number of hydrogen-bond acceptors (Lipinski definition) is 5. The van der Waals surface area contributed by atoms with Crippen molar-refractivity contribution in [2.24, 2.45) is 0 Å². The molecule has 128 valence electrons. The average Bonchev–Trinajstić information content (AvgIpc) is 3.10. The molecule has 1 aliphatic rings. The standard InChI is InChI=1S/C20H21N3O2/c1-25-20(24)17-7-4-10-23(17)12-15-11-14-9-8-13-5-2-3-6-16(13)18(14)22-19(15)21/h2-3,5-6,8-9,11,17H,4,7,10,12H2,1H3,(H2,21,22)/t17-/m0/s1. The summed E-state index contributed by atoms with van der Waals surface area (Å²) in [6, 6.07) is 14.3. The largest absolute Gasteiger partial charge is 0.468 e. The molecule has 0 unspecified atom stereocenters. The molecule has 5 nitrogen and oxygen atoms in total. The minimum absolute atomic E-state index is 0.171. The Morgan fingerprint density at radius 2 is 2.08 bits per heavy atom. The van der Waals surface area contributed by atoms with Crippen molar-refractivity contribution in [2.75, 3.05) is 19.4 Å². The fourth-order valence-corrected chi connectivity index (χ4v) is 3.73. The Morgan fingerprint density at radius 3 is 2.92 bits per heavy atom. The number of hydrogen-bond donors (Lipinski definition) is 1. The number of pyridine rings is 1. The van der Waals surface area contributed by atoms with Crippen LogP contribution in [-0.4, -0.2) is 35.5 Å². The Balaban J connectivity index is 1.72. The SMILES string of the molecule is COC(=O)[C@@H]1CCCN1Cc1cc2ccc3ccccc3c2nc1N. The van der Waals surface area contributed by atoms with E-state index in [0.717, 1.165) is 46.6 Å². The fraction of sp³-hybridized carbons (Fsp3) is 0.300. The fourth-order valence-electron chi connectivity index (χ4n) is 3.73. The van der Waals surface area contributed by atoms with Gasteiger partial charge in [0.1, 0.15) is 11.9 Å². The van der Waals surface area contributed by atoms with Gasteiger partial charge in [-0.2, -0.15) is 0 Å². The van der Waals surface area contributed by atoms with Gasteiger partial charge in [0, 0.05) is 22.9 Å². The molecule has 5 heteroatoms. The van der Waals surface area contributed by atoms with Crippen molar-refractivity contribution in [1.82, 2.24) is 9.88 Å². The maximum absolute atomic E-state index is 11.9. The Labute approximate surface area is 146 Å². The summed E-state index contributed by atoms with van der Waals surface area (Å²) in [6.07, 6.45) is 1.82. The number of aromatic nitrogens is 1. The molecule has 1 saturated heterocycles. The van der Waals surface area contributed by atoms with E-state index in [-0.39, 0.29) is 12.0 Å². The molecule has 2 aromatic carbocycles. The maximum atomic E-state index is 11.9. The van der Waals surface area contributed by atoms with E-state index < -0.39 is 0 Å². The first-order chi connectivity index (χ1) is 12.2. The molecule has 4 rings (SSSR count). The summed E-state index contributed by atoms with van der Waals surface area (Å²) in [6.45, 7) is 1.48. The topological polar surface area (TPSA) is 68.5 Å². The van der Waals surface area contributed by atoms with E-state index >= 15 is 0 Å². The van der Waals surface area contributed by atoms with Crippen LogP contribution in [0.4, 0.5) is 5.82 Å². The van der Waals surface area contributed by atoms with Crippen molar-refractivity contribution < 1.29 is 9.53 Å². The molecule has 1 aliphatic heterocycles. The van der Waals surface area contributed by atoms with E-state index in [4.69, 9.17) is 10.5 Å². The molecular formula is C20H21N3O2. The number of nitrogens with zero attached hydrogens (tertiary/aromatic N) is 2. The van der Waals surface area contributed by atoms with E-state index in [9.17, 15) is 4.79 Å². The van der Waals surface area contributed by atoms with Gasteiger partial charge in [-0.05, 0) is 30.8 Å². The highest BCUT2D eigenvalue weighted by Crippen LogP contribution is 2.28. The summed E-state index contributed by atoms with van der Waals surface area (Å²) in [4.78, 5) is 18.7. The van der Waals surface area contributed by atoms with Crippen LogP contribution in [-0.2, 0) is 16.1 Å². The van der Waals surface area contributed by atoms with Gasteiger partial charge in [0.25, 0.3) is 0 Å². The third-order valence-electron chi connectivity index (χ3n) is 5.03. The molecule has 0 spiro atoms. The lowest BCUT2D eigenvalue weighted by atomic mass is 10.0. The van der Waals surface area contributed by atoms with Crippen LogP contribution in [0.25, 0.3) is 21.7 Å². The molecule has 0 aliphatic carbocycles. The van der Waals surface area contributed by atoms with Crippen molar-refractivity contribution in [3.8, 4) is 0 Å². The second kappa shape index (κ2) is 6.33. The van der Waals surface area contributed by atoms with Crippen LogP contribution in [0.2, 0.25) is 0 Å². The number of nitrogen functional groups attached to an aromatic ring is 1. The molecule has 1 aromatic heterocycles. The molecule has 2 heterocycles. The van der Waals surface area contributed by atoms with E-state index in [1.54, 1.807) is 0 Å². The predicted molar refractivity (Wildman–Crippen MR) is 99.1 cm³/mol. The van der Waals surface area contributed by atoms with Crippen LogP contribution in [0.5, 0.6) is 0 Å². The molecule has 0 bridgehead atoms. The summed E-state index contributed by atoms with van der Waals surface area (Å²) >= 11 is 0. The molecule has 1 fully saturated rings. The third-order valence-corrected chi connectivity index (χ3v) is 5.03. The number of ether oxygens (including phenoxy) is 1. The van der Waals surface area contributed by atoms with Gasteiger partial charge in [0.05, 0.1) is 12.6 Å². The lowest BCUT2D eigenvalue weighted by molar-refractivity contribution is -0.146. The maximum Gasteiger partial charge on any atom is 0.323 e. The number of anilines is 1. The summed E-state index contributed by atoms with van der Waals surface area (Å²) in [7, 11) is 1.44. The van der Waals surface area contributed by atoms with Gasteiger partial charge < -0.3 is 10.5 Å². The molecule has 0 amide bonds. The summed E-state index contributed by atoms with van der Waals surface area (Å²) in [5.74, 6) is 0.357. The van der Waals surface area contributed by atoms with E-state index in [2.05, 4.69) is 40.2 Å². The number of carbonyl (C=O) groups excluding carboxylic acids is 1. The van der Waals surface area contributed by atoms with Gasteiger partial charge in [0.2, 0.25) is 0 Å². The van der Waals surface area contributed by atoms with E-state index in [0.29, 0.717) is 12.4 Å². The van der Waals surface area contributed by atoms with Gasteiger partial charge in [0.15, 0.2) is 0 Å². The number of fused-ring (bicyclic) bond motifs is 3. The smallest absolute Gasteiger partial charge is 0.323 e. The monoisotopic (exact) mass is 335 g/mol. The molecule has 2 N–H and O–H groups in total. The Kier molecular flexibility index (Phi) is 4.01. The minimum atomic E-state index is -0.184. The van der Waals surface area contributed by atoms with Gasteiger partial charge >= 0.3 is 5.97 Å². The quantitative estimate of drug-likeness (QED) is 0.588. The van der Waals surface area contributed by atoms with Crippen molar-refractivity contribution >= 4 is 33.5 Å². The van der Waals surface area contributed by atoms with E-state index in [1.165, 1.54) is 7.11 Å². The van der Waals surface area contributed by atoms with Crippen LogP contribution in [0.1, 0.15) is 18.4 Å². The summed E-state index contributed by atoms with van der Waals surface area (Å²) in [5, 5.41) is 3.32. The Bertz CT molecular complexity index is 954. The van der Waals surface area contributed by atoms with Crippen molar-refractivity contribution in [1.29, 1.82) is 0 Å². The van der Waals surface area contributed by atoms with Crippen LogP contribution >= 0.6 is 0 Å². The van der Waals surface area contributed by atoms with Crippen LogP contribution in [0.3, 0.4) is 0 Å². The van der Waals surface area contributed by atoms with E-state index in [1.807, 2.05) is 12.1 Å². The molecule has 1 atom stereocenters. The molecule has 0 saturated carbocycles. The Hall–Kier alpha value is -2.66. The lowest BCUT2D eigenvalue weighted by Gasteiger charge is -2.23. The highest BCUT2D eigenvalue weighted by Gasteiger charge is 2.31. The first-order valence-corrected chi connectivity index (χ1v) is 8.56. The minimum Gasteiger partial charge on any atom is -0.468 e. The summed E-state index contributed by atoms with van der Waals surface area (Å²) < 4.78 is 4.92. The van der Waals surface area contributed by atoms with Crippen molar-refractivity contribution in [3.63, 3.8) is 0 Å². The normalized spacial score (nSPS) is 18.0. The number of benzene rings is 2. The van der Waals surface area contributed by atoms with Crippen molar-refractivity contribution in [3.05, 3.63) is 48.0 Å². The van der Waals surface area contributed by atoms with Gasteiger partial charge in [-0.1, -0.05) is 36.4 Å². The van der Waals surface area contributed by atoms with Crippen molar-refractivity contribution in [2.45, 2.75) is 25.4 Å².